The van der Waals surface area contributed by atoms with Gasteiger partial charge in [0.05, 0.1) is 0 Å². The van der Waals surface area contributed by atoms with Gasteiger partial charge in [-0.15, -0.1) is 0 Å². The molecule has 31 heavy (non-hydrogen) atoms. The smallest absolute Gasteiger partial charge is 0.229 e. The third-order valence-electron chi connectivity index (χ3n) is 5.89. The number of rotatable bonds is 6. The summed E-state index contributed by atoms with van der Waals surface area (Å²) >= 11 is 0. The van der Waals surface area contributed by atoms with Gasteiger partial charge < -0.3 is 9.73 Å². The zero-order chi connectivity index (χ0) is 21.0. The van der Waals surface area contributed by atoms with Crippen LogP contribution in [0.2, 0.25) is 0 Å². The van der Waals surface area contributed by atoms with Gasteiger partial charge in [-0.05, 0) is 45.0 Å². The van der Waals surface area contributed by atoms with Gasteiger partial charge in [0.15, 0.2) is 11.6 Å². The molecule has 3 heterocycles. The second kappa shape index (κ2) is 8.86. The average Bonchev–Trinajstić information content (AvgIpc) is 3.28. The van der Waals surface area contributed by atoms with E-state index in [0.29, 0.717) is 34.8 Å². The van der Waals surface area contributed by atoms with E-state index in [1.54, 1.807) is 0 Å². The van der Waals surface area contributed by atoms with Crippen molar-refractivity contribution in [1.82, 2.24) is 19.9 Å². The standard InChI is InChI=1S/C25H27N5O/c1-18(30-15-9-4-10-16-30)17-26-23-21-24(28-22(27-23)19-11-5-2-6-12-19)29-25(31-21)20-13-7-3-8-14-20/h2-3,5-8,11-14,18H,4,9-10,15-17H2,1H3,(H,26,27,28)/t18-/m0/s1. The molecule has 1 fully saturated rings. The van der Waals surface area contributed by atoms with Gasteiger partial charge in [0.1, 0.15) is 0 Å². The number of benzene rings is 2. The second-order valence-electron chi connectivity index (χ2n) is 8.13. The zero-order valence-electron chi connectivity index (χ0n) is 17.8. The maximum Gasteiger partial charge on any atom is 0.229 e. The summed E-state index contributed by atoms with van der Waals surface area (Å²) in [5.41, 5.74) is 3.06. The molecule has 158 valence electrons. The Labute approximate surface area is 182 Å². The Morgan fingerprint density at radius 3 is 2.26 bits per heavy atom. The topological polar surface area (TPSA) is 67.1 Å². The van der Waals surface area contributed by atoms with Gasteiger partial charge in [0.2, 0.25) is 17.1 Å². The highest BCUT2D eigenvalue weighted by Crippen LogP contribution is 2.29. The van der Waals surface area contributed by atoms with Crippen molar-refractivity contribution < 1.29 is 4.42 Å². The van der Waals surface area contributed by atoms with Crippen LogP contribution in [0.25, 0.3) is 34.1 Å². The van der Waals surface area contributed by atoms with Crippen LogP contribution in [0.5, 0.6) is 0 Å². The van der Waals surface area contributed by atoms with Crippen molar-refractivity contribution in [2.75, 3.05) is 25.0 Å². The SMILES string of the molecule is C[C@@H](CNc1nc(-c2ccccc2)nc2nc(-c3ccccc3)oc12)N1CCCCC1. The first-order valence-corrected chi connectivity index (χ1v) is 11.1. The number of aromatic nitrogens is 3. The van der Waals surface area contributed by atoms with Gasteiger partial charge in [-0.1, -0.05) is 55.0 Å². The number of hydrogen-bond acceptors (Lipinski definition) is 6. The molecule has 0 spiro atoms. The molecule has 0 bridgehead atoms. The van der Waals surface area contributed by atoms with Crippen molar-refractivity contribution in [3.8, 4) is 22.8 Å². The van der Waals surface area contributed by atoms with Crippen molar-refractivity contribution in [2.24, 2.45) is 0 Å². The van der Waals surface area contributed by atoms with Gasteiger partial charge in [-0.2, -0.15) is 4.98 Å². The van der Waals surface area contributed by atoms with E-state index in [4.69, 9.17) is 14.4 Å². The van der Waals surface area contributed by atoms with Crippen LogP contribution in [-0.2, 0) is 0 Å². The van der Waals surface area contributed by atoms with Crippen LogP contribution in [-0.4, -0.2) is 45.5 Å². The summed E-state index contributed by atoms with van der Waals surface area (Å²) in [5, 5.41) is 3.53. The first-order chi connectivity index (χ1) is 15.3. The Morgan fingerprint density at radius 2 is 1.55 bits per heavy atom. The predicted octanol–water partition coefficient (Wildman–Crippen LogP) is 5.24. The largest absolute Gasteiger partial charge is 0.430 e. The number of hydrogen-bond donors (Lipinski definition) is 1. The number of anilines is 1. The molecule has 2 aromatic heterocycles. The van der Waals surface area contributed by atoms with E-state index in [2.05, 4.69) is 22.1 Å². The van der Waals surface area contributed by atoms with Gasteiger partial charge >= 0.3 is 0 Å². The van der Waals surface area contributed by atoms with E-state index < -0.39 is 0 Å². The summed E-state index contributed by atoms with van der Waals surface area (Å²) in [4.78, 5) is 16.7. The minimum Gasteiger partial charge on any atom is -0.430 e. The molecule has 0 saturated carbocycles. The summed E-state index contributed by atoms with van der Waals surface area (Å²) < 4.78 is 6.14. The monoisotopic (exact) mass is 413 g/mol. The Hall–Kier alpha value is -3.25. The third-order valence-corrected chi connectivity index (χ3v) is 5.89. The molecule has 1 aliphatic heterocycles. The lowest BCUT2D eigenvalue weighted by molar-refractivity contribution is 0.180. The van der Waals surface area contributed by atoms with Crippen LogP contribution in [0.1, 0.15) is 26.2 Å². The van der Waals surface area contributed by atoms with Gasteiger partial charge in [-0.3, -0.25) is 4.90 Å². The van der Waals surface area contributed by atoms with Crippen LogP contribution >= 0.6 is 0 Å². The first-order valence-electron chi connectivity index (χ1n) is 11.1. The molecule has 2 aromatic carbocycles. The van der Waals surface area contributed by atoms with E-state index in [-0.39, 0.29) is 0 Å². The fourth-order valence-electron chi connectivity index (χ4n) is 4.10. The third kappa shape index (κ3) is 4.30. The van der Waals surface area contributed by atoms with Gasteiger partial charge in [-0.25, -0.2) is 9.97 Å². The summed E-state index contributed by atoms with van der Waals surface area (Å²) in [6.07, 6.45) is 3.90. The fraction of sp³-hybridized carbons (Fsp3) is 0.320. The maximum atomic E-state index is 6.14. The molecule has 4 aromatic rings. The number of fused-ring (bicyclic) bond motifs is 1. The molecule has 6 nitrogen and oxygen atoms in total. The molecule has 0 radical (unpaired) electrons. The quantitative estimate of drug-likeness (QED) is 0.466. The normalized spacial score (nSPS) is 15.8. The first kappa shape index (κ1) is 19.7. The highest BCUT2D eigenvalue weighted by Gasteiger charge is 2.20. The van der Waals surface area contributed by atoms with Crippen molar-refractivity contribution >= 4 is 17.0 Å². The molecule has 5 rings (SSSR count). The molecule has 1 aliphatic rings. The van der Waals surface area contributed by atoms with E-state index in [1.165, 1.54) is 19.3 Å². The van der Waals surface area contributed by atoms with Crippen LogP contribution < -0.4 is 5.32 Å². The molecule has 0 amide bonds. The second-order valence-corrected chi connectivity index (χ2v) is 8.13. The Balaban J connectivity index is 1.50. The molecule has 0 aliphatic carbocycles. The van der Waals surface area contributed by atoms with E-state index in [9.17, 15) is 0 Å². The van der Waals surface area contributed by atoms with Crippen LogP contribution in [0.3, 0.4) is 0 Å². The van der Waals surface area contributed by atoms with E-state index in [0.717, 1.165) is 30.8 Å². The zero-order valence-corrected chi connectivity index (χ0v) is 17.8. The number of nitrogens with zero attached hydrogens (tertiary/aromatic N) is 4. The Bertz CT molecular complexity index is 1140. The van der Waals surface area contributed by atoms with E-state index >= 15 is 0 Å². The van der Waals surface area contributed by atoms with Crippen LogP contribution in [0, 0.1) is 0 Å². The minimum absolute atomic E-state index is 0.419. The van der Waals surface area contributed by atoms with Crippen LogP contribution in [0.15, 0.2) is 65.1 Å². The van der Waals surface area contributed by atoms with Crippen LogP contribution in [0.4, 0.5) is 5.82 Å². The molecular weight excluding hydrogens is 386 g/mol. The Kier molecular flexibility index (Phi) is 5.63. The number of piperidine rings is 1. The van der Waals surface area contributed by atoms with Crippen molar-refractivity contribution in [3.05, 3.63) is 60.7 Å². The lowest BCUT2D eigenvalue weighted by Gasteiger charge is -2.32. The summed E-state index contributed by atoms with van der Waals surface area (Å²) in [6, 6.07) is 20.3. The number of likely N-dealkylation sites (tertiary alicyclic amines) is 1. The fourth-order valence-corrected chi connectivity index (χ4v) is 4.10. The molecule has 6 heteroatoms. The van der Waals surface area contributed by atoms with Crippen molar-refractivity contribution in [2.45, 2.75) is 32.2 Å². The van der Waals surface area contributed by atoms with Gasteiger partial charge in [0.25, 0.3) is 0 Å². The molecule has 1 N–H and O–H groups in total. The molecule has 1 atom stereocenters. The Morgan fingerprint density at radius 1 is 0.871 bits per heavy atom. The highest BCUT2D eigenvalue weighted by atomic mass is 16.3. The maximum absolute atomic E-state index is 6.14. The minimum atomic E-state index is 0.419. The highest BCUT2D eigenvalue weighted by molar-refractivity contribution is 5.84. The number of nitrogens with one attached hydrogen (secondary N) is 1. The summed E-state index contributed by atoms with van der Waals surface area (Å²) in [7, 11) is 0. The van der Waals surface area contributed by atoms with E-state index in [1.807, 2.05) is 60.7 Å². The van der Waals surface area contributed by atoms with Crippen molar-refractivity contribution in [3.63, 3.8) is 0 Å². The van der Waals surface area contributed by atoms with Crippen molar-refractivity contribution in [1.29, 1.82) is 0 Å². The molecule has 0 unspecified atom stereocenters. The number of oxazole rings is 1. The summed E-state index contributed by atoms with van der Waals surface area (Å²) in [5.74, 6) is 1.90. The molecule has 1 saturated heterocycles. The molecular formula is C25H27N5O. The van der Waals surface area contributed by atoms with Gasteiger partial charge in [0, 0.05) is 23.7 Å². The average molecular weight is 414 g/mol. The summed E-state index contributed by atoms with van der Waals surface area (Å²) in [6.45, 7) is 5.39. The lowest BCUT2D eigenvalue weighted by atomic mass is 10.1. The lowest BCUT2D eigenvalue weighted by Crippen LogP contribution is -2.41. The predicted molar refractivity (Wildman–Crippen MR) is 124 cm³/mol.